The van der Waals surface area contributed by atoms with Crippen molar-refractivity contribution in [2.75, 3.05) is 6.54 Å². The molecule has 1 nitrogen and oxygen atoms in total. The SMILES string of the molecule is CCCC(F)(CN)c1ccccc1. The van der Waals surface area contributed by atoms with Gasteiger partial charge in [-0.1, -0.05) is 43.7 Å². The summed E-state index contributed by atoms with van der Waals surface area (Å²) in [4.78, 5) is 0. The maximum atomic E-state index is 14.1. The van der Waals surface area contributed by atoms with Crippen LogP contribution < -0.4 is 5.73 Å². The summed E-state index contributed by atoms with van der Waals surface area (Å²) in [6.45, 7) is 2.03. The molecule has 0 aromatic heterocycles. The molecule has 0 saturated carbocycles. The van der Waals surface area contributed by atoms with Crippen molar-refractivity contribution >= 4 is 0 Å². The van der Waals surface area contributed by atoms with Gasteiger partial charge in [0.05, 0.1) is 0 Å². The van der Waals surface area contributed by atoms with E-state index in [1.54, 1.807) is 12.1 Å². The average Bonchev–Trinajstić information content (AvgIpc) is 2.19. The van der Waals surface area contributed by atoms with Gasteiger partial charge in [-0.15, -0.1) is 0 Å². The Morgan fingerprint density at radius 3 is 2.38 bits per heavy atom. The third kappa shape index (κ3) is 2.28. The molecular weight excluding hydrogens is 165 g/mol. The molecule has 0 heterocycles. The van der Waals surface area contributed by atoms with Crippen molar-refractivity contribution in [3.05, 3.63) is 35.9 Å². The Morgan fingerprint density at radius 1 is 1.31 bits per heavy atom. The topological polar surface area (TPSA) is 26.0 Å². The number of alkyl halides is 1. The lowest BCUT2D eigenvalue weighted by atomic mass is 9.91. The van der Waals surface area contributed by atoms with Crippen molar-refractivity contribution in [1.29, 1.82) is 0 Å². The second-order valence-corrected chi connectivity index (χ2v) is 3.29. The van der Waals surface area contributed by atoms with E-state index in [1.807, 2.05) is 25.1 Å². The molecule has 0 fully saturated rings. The molecule has 0 spiro atoms. The van der Waals surface area contributed by atoms with Gasteiger partial charge >= 0.3 is 0 Å². The Morgan fingerprint density at radius 2 is 1.92 bits per heavy atom. The summed E-state index contributed by atoms with van der Waals surface area (Å²) in [5.74, 6) is 0. The highest BCUT2D eigenvalue weighted by Crippen LogP contribution is 2.29. The maximum Gasteiger partial charge on any atom is 0.148 e. The zero-order valence-electron chi connectivity index (χ0n) is 7.96. The van der Waals surface area contributed by atoms with E-state index >= 15 is 0 Å². The van der Waals surface area contributed by atoms with Gasteiger partial charge in [0.1, 0.15) is 5.67 Å². The lowest BCUT2D eigenvalue weighted by molar-refractivity contribution is 0.159. The molecule has 2 N–H and O–H groups in total. The molecular formula is C11H16FN. The molecule has 0 saturated heterocycles. The van der Waals surface area contributed by atoms with Crippen LogP contribution in [-0.2, 0) is 5.67 Å². The molecule has 1 rings (SSSR count). The highest BCUT2D eigenvalue weighted by Gasteiger charge is 2.28. The van der Waals surface area contributed by atoms with Crippen LogP contribution >= 0.6 is 0 Å². The molecule has 0 aliphatic carbocycles. The van der Waals surface area contributed by atoms with Gasteiger partial charge in [-0.3, -0.25) is 0 Å². The molecule has 13 heavy (non-hydrogen) atoms. The fourth-order valence-corrected chi connectivity index (χ4v) is 1.50. The zero-order valence-corrected chi connectivity index (χ0v) is 7.96. The first-order valence-corrected chi connectivity index (χ1v) is 4.67. The molecule has 1 unspecified atom stereocenters. The second-order valence-electron chi connectivity index (χ2n) is 3.29. The minimum absolute atomic E-state index is 0.0604. The normalized spacial score (nSPS) is 15.3. The van der Waals surface area contributed by atoms with Crippen molar-refractivity contribution in [1.82, 2.24) is 0 Å². The van der Waals surface area contributed by atoms with E-state index in [0.29, 0.717) is 12.0 Å². The van der Waals surface area contributed by atoms with Crippen molar-refractivity contribution in [2.45, 2.75) is 25.4 Å². The molecule has 0 aliphatic heterocycles. The second kappa shape index (κ2) is 4.38. The van der Waals surface area contributed by atoms with Gasteiger partial charge in [-0.25, -0.2) is 4.39 Å². The average molecular weight is 181 g/mol. The molecule has 72 valence electrons. The van der Waals surface area contributed by atoms with Crippen LogP contribution in [0.15, 0.2) is 30.3 Å². The fourth-order valence-electron chi connectivity index (χ4n) is 1.50. The molecule has 1 atom stereocenters. The maximum absolute atomic E-state index is 14.1. The Bertz CT molecular complexity index is 248. The predicted molar refractivity (Wildman–Crippen MR) is 53.2 cm³/mol. The largest absolute Gasteiger partial charge is 0.327 e. The number of halogens is 1. The Hall–Kier alpha value is -0.890. The smallest absolute Gasteiger partial charge is 0.148 e. The predicted octanol–water partition coefficient (Wildman–Crippen LogP) is 2.61. The third-order valence-corrected chi connectivity index (χ3v) is 2.26. The molecule has 0 amide bonds. The summed E-state index contributed by atoms with van der Waals surface area (Å²) in [5, 5.41) is 0. The number of hydrogen-bond acceptors (Lipinski definition) is 1. The van der Waals surface area contributed by atoms with E-state index in [2.05, 4.69) is 0 Å². The summed E-state index contributed by atoms with van der Waals surface area (Å²) >= 11 is 0. The molecule has 0 bridgehead atoms. The third-order valence-electron chi connectivity index (χ3n) is 2.26. The van der Waals surface area contributed by atoms with Gasteiger partial charge in [-0.05, 0) is 12.0 Å². The van der Waals surface area contributed by atoms with Crippen LogP contribution in [-0.4, -0.2) is 6.54 Å². The minimum atomic E-state index is -1.34. The van der Waals surface area contributed by atoms with Gasteiger partial charge in [0, 0.05) is 6.54 Å². The van der Waals surface area contributed by atoms with Crippen molar-refractivity contribution in [3.63, 3.8) is 0 Å². The van der Waals surface area contributed by atoms with Crippen LogP contribution in [0.3, 0.4) is 0 Å². The van der Waals surface area contributed by atoms with Crippen LogP contribution in [0.5, 0.6) is 0 Å². The summed E-state index contributed by atoms with van der Waals surface area (Å²) in [6, 6.07) is 9.15. The van der Waals surface area contributed by atoms with Crippen molar-refractivity contribution in [3.8, 4) is 0 Å². The van der Waals surface area contributed by atoms with Crippen molar-refractivity contribution < 1.29 is 4.39 Å². The fraction of sp³-hybridized carbons (Fsp3) is 0.455. The Kier molecular flexibility index (Phi) is 3.43. The molecule has 1 aromatic carbocycles. The standard InChI is InChI=1S/C11H16FN/c1-2-8-11(12,9-13)10-6-4-3-5-7-10/h3-7H,2,8-9,13H2,1H3. The van der Waals surface area contributed by atoms with Gasteiger partial charge < -0.3 is 5.73 Å². The van der Waals surface area contributed by atoms with E-state index in [9.17, 15) is 4.39 Å². The summed E-state index contributed by atoms with van der Waals surface area (Å²) in [5.41, 5.74) is 4.81. The van der Waals surface area contributed by atoms with E-state index in [1.165, 1.54) is 0 Å². The first-order chi connectivity index (χ1) is 6.23. The highest BCUT2D eigenvalue weighted by atomic mass is 19.1. The van der Waals surface area contributed by atoms with E-state index in [4.69, 9.17) is 5.73 Å². The van der Waals surface area contributed by atoms with Gasteiger partial charge in [0.15, 0.2) is 0 Å². The molecule has 2 heteroatoms. The van der Waals surface area contributed by atoms with Crippen molar-refractivity contribution in [2.24, 2.45) is 5.73 Å². The van der Waals surface area contributed by atoms with E-state index in [-0.39, 0.29) is 6.54 Å². The van der Waals surface area contributed by atoms with Gasteiger partial charge in [0.25, 0.3) is 0 Å². The van der Waals surface area contributed by atoms with Crippen LogP contribution in [0.2, 0.25) is 0 Å². The van der Waals surface area contributed by atoms with Gasteiger partial charge in [0.2, 0.25) is 0 Å². The first-order valence-electron chi connectivity index (χ1n) is 4.67. The molecule has 0 aliphatic rings. The summed E-state index contributed by atoms with van der Waals surface area (Å²) in [7, 11) is 0. The van der Waals surface area contributed by atoms with Crippen LogP contribution in [0, 0.1) is 0 Å². The summed E-state index contributed by atoms with van der Waals surface area (Å²) < 4.78 is 14.1. The molecule has 0 radical (unpaired) electrons. The number of nitrogens with two attached hydrogens (primary N) is 1. The lowest BCUT2D eigenvalue weighted by Crippen LogP contribution is -2.30. The lowest BCUT2D eigenvalue weighted by Gasteiger charge is -2.23. The first kappa shape index (κ1) is 10.2. The zero-order chi connectivity index (χ0) is 9.73. The quantitative estimate of drug-likeness (QED) is 0.759. The Balaban J connectivity index is 2.89. The highest BCUT2D eigenvalue weighted by molar-refractivity contribution is 5.22. The number of hydrogen-bond donors (Lipinski definition) is 1. The van der Waals surface area contributed by atoms with Crippen LogP contribution in [0.25, 0.3) is 0 Å². The minimum Gasteiger partial charge on any atom is -0.327 e. The number of benzene rings is 1. The van der Waals surface area contributed by atoms with Gasteiger partial charge in [-0.2, -0.15) is 0 Å². The Labute approximate surface area is 78.8 Å². The van der Waals surface area contributed by atoms with Crippen LogP contribution in [0.4, 0.5) is 4.39 Å². The van der Waals surface area contributed by atoms with Crippen LogP contribution in [0.1, 0.15) is 25.3 Å². The monoisotopic (exact) mass is 181 g/mol. The molecule has 1 aromatic rings. The van der Waals surface area contributed by atoms with E-state index < -0.39 is 5.67 Å². The summed E-state index contributed by atoms with van der Waals surface area (Å²) in [6.07, 6.45) is 1.30. The van der Waals surface area contributed by atoms with E-state index in [0.717, 1.165) is 6.42 Å². The number of rotatable bonds is 4.